The second-order valence-corrected chi connectivity index (χ2v) is 5.59. The third-order valence-electron chi connectivity index (χ3n) is 3.70. The third kappa shape index (κ3) is 4.18. The lowest BCUT2D eigenvalue weighted by Gasteiger charge is -2.30. The van der Waals surface area contributed by atoms with Gasteiger partial charge in [0.2, 0.25) is 0 Å². The number of rotatable bonds is 3. The van der Waals surface area contributed by atoms with Gasteiger partial charge in [0, 0.05) is 11.7 Å². The van der Waals surface area contributed by atoms with E-state index in [1.165, 1.54) is 5.56 Å². The molecule has 0 aromatic heterocycles. The van der Waals surface area contributed by atoms with Crippen molar-refractivity contribution in [3.8, 4) is 0 Å². The molecule has 0 aliphatic carbocycles. The molecular formula is C15H23N3S. The fourth-order valence-corrected chi connectivity index (χ4v) is 2.72. The van der Waals surface area contributed by atoms with Crippen LogP contribution < -0.4 is 10.6 Å². The molecule has 1 aliphatic rings. The smallest absolute Gasteiger partial charge is 0.171 e. The van der Waals surface area contributed by atoms with Gasteiger partial charge in [0.05, 0.1) is 0 Å². The number of hydrogen-bond donors (Lipinski definition) is 2. The molecule has 1 heterocycles. The zero-order valence-electron chi connectivity index (χ0n) is 11.8. The van der Waals surface area contributed by atoms with Crippen LogP contribution in [0.1, 0.15) is 25.3 Å². The molecule has 0 saturated carbocycles. The van der Waals surface area contributed by atoms with E-state index >= 15 is 0 Å². The zero-order chi connectivity index (χ0) is 13.7. The monoisotopic (exact) mass is 277 g/mol. The van der Waals surface area contributed by atoms with E-state index in [0.29, 0.717) is 6.04 Å². The van der Waals surface area contributed by atoms with Crippen LogP contribution in [0.25, 0.3) is 0 Å². The molecule has 19 heavy (non-hydrogen) atoms. The molecule has 0 atom stereocenters. The number of benzene rings is 1. The molecule has 1 aromatic rings. The summed E-state index contributed by atoms with van der Waals surface area (Å²) in [4.78, 5) is 2.36. The van der Waals surface area contributed by atoms with Gasteiger partial charge in [-0.15, -0.1) is 0 Å². The molecule has 0 unspecified atom stereocenters. The van der Waals surface area contributed by atoms with E-state index in [1.54, 1.807) is 0 Å². The first-order valence-corrected chi connectivity index (χ1v) is 7.44. The minimum absolute atomic E-state index is 0.505. The molecule has 2 rings (SSSR count). The van der Waals surface area contributed by atoms with Crippen molar-refractivity contribution in [1.82, 2.24) is 10.2 Å². The quantitative estimate of drug-likeness (QED) is 0.831. The van der Waals surface area contributed by atoms with Crippen LogP contribution in [0.2, 0.25) is 0 Å². The first kappa shape index (κ1) is 14.3. The van der Waals surface area contributed by atoms with Gasteiger partial charge in [0.15, 0.2) is 5.11 Å². The Morgan fingerprint density at radius 2 is 2.00 bits per heavy atom. The van der Waals surface area contributed by atoms with Crippen LogP contribution in [0.3, 0.4) is 0 Å². The van der Waals surface area contributed by atoms with Crippen molar-refractivity contribution in [2.45, 2.75) is 32.2 Å². The number of anilines is 1. The van der Waals surface area contributed by atoms with E-state index in [-0.39, 0.29) is 0 Å². The summed E-state index contributed by atoms with van der Waals surface area (Å²) < 4.78 is 0. The minimum Gasteiger partial charge on any atom is -0.360 e. The summed E-state index contributed by atoms with van der Waals surface area (Å²) in [6.45, 7) is 4.45. The summed E-state index contributed by atoms with van der Waals surface area (Å²) in [6.07, 6.45) is 3.33. The maximum absolute atomic E-state index is 5.42. The molecule has 1 aromatic carbocycles. The van der Waals surface area contributed by atoms with Gasteiger partial charge in [-0.05, 0) is 63.2 Å². The van der Waals surface area contributed by atoms with Crippen molar-refractivity contribution in [3.05, 3.63) is 29.8 Å². The molecule has 4 heteroatoms. The number of nitrogens with one attached hydrogen (secondary N) is 2. The highest BCUT2D eigenvalue weighted by Gasteiger charge is 2.17. The van der Waals surface area contributed by atoms with Crippen LogP contribution in [-0.4, -0.2) is 36.2 Å². The number of likely N-dealkylation sites (tertiary alicyclic amines) is 1. The topological polar surface area (TPSA) is 27.3 Å². The van der Waals surface area contributed by atoms with Crippen molar-refractivity contribution < 1.29 is 0 Å². The van der Waals surface area contributed by atoms with Gasteiger partial charge in [0.1, 0.15) is 0 Å². The first-order valence-electron chi connectivity index (χ1n) is 7.03. The number of aryl methyl sites for hydroxylation is 1. The van der Waals surface area contributed by atoms with Crippen LogP contribution in [0, 0.1) is 0 Å². The van der Waals surface area contributed by atoms with Gasteiger partial charge < -0.3 is 15.5 Å². The number of nitrogens with zero attached hydrogens (tertiary/aromatic N) is 1. The van der Waals surface area contributed by atoms with Gasteiger partial charge >= 0.3 is 0 Å². The van der Waals surface area contributed by atoms with Gasteiger partial charge in [-0.1, -0.05) is 25.1 Å². The van der Waals surface area contributed by atoms with Gasteiger partial charge in [0.25, 0.3) is 0 Å². The number of para-hydroxylation sites is 1. The van der Waals surface area contributed by atoms with Crippen LogP contribution in [0.4, 0.5) is 5.69 Å². The van der Waals surface area contributed by atoms with E-state index < -0.39 is 0 Å². The van der Waals surface area contributed by atoms with Crippen molar-refractivity contribution in [1.29, 1.82) is 0 Å². The Morgan fingerprint density at radius 3 is 2.68 bits per heavy atom. The van der Waals surface area contributed by atoms with Crippen LogP contribution >= 0.6 is 12.2 Å². The highest BCUT2D eigenvalue weighted by Crippen LogP contribution is 2.15. The van der Waals surface area contributed by atoms with E-state index in [2.05, 4.69) is 47.7 Å². The molecule has 0 radical (unpaired) electrons. The second kappa shape index (κ2) is 6.87. The molecule has 3 nitrogen and oxygen atoms in total. The molecule has 0 bridgehead atoms. The van der Waals surface area contributed by atoms with Crippen LogP contribution in [-0.2, 0) is 6.42 Å². The molecule has 1 aliphatic heterocycles. The lowest BCUT2D eigenvalue weighted by atomic mass is 10.1. The summed E-state index contributed by atoms with van der Waals surface area (Å²) >= 11 is 5.42. The summed E-state index contributed by atoms with van der Waals surface area (Å²) in [5.41, 5.74) is 2.42. The zero-order valence-corrected chi connectivity index (χ0v) is 12.6. The van der Waals surface area contributed by atoms with Crippen molar-refractivity contribution in [3.63, 3.8) is 0 Å². The molecular weight excluding hydrogens is 254 g/mol. The average molecular weight is 277 g/mol. The predicted molar refractivity (Wildman–Crippen MR) is 85.7 cm³/mol. The van der Waals surface area contributed by atoms with E-state index in [4.69, 9.17) is 12.2 Å². The van der Waals surface area contributed by atoms with Gasteiger partial charge in [-0.2, -0.15) is 0 Å². The van der Waals surface area contributed by atoms with E-state index in [0.717, 1.165) is 43.2 Å². The Labute approximate surface area is 121 Å². The molecule has 0 spiro atoms. The lowest BCUT2D eigenvalue weighted by Crippen LogP contribution is -2.44. The Hall–Kier alpha value is -1.13. The molecule has 1 fully saturated rings. The van der Waals surface area contributed by atoms with Crippen LogP contribution in [0.5, 0.6) is 0 Å². The maximum atomic E-state index is 5.42. The highest BCUT2D eigenvalue weighted by molar-refractivity contribution is 7.80. The van der Waals surface area contributed by atoms with Crippen LogP contribution in [0.15, 0.2) is 24.3 Å². The fourth-order valence-electron chi connectivity index (χ4n) is 2.45. The number of hydrogen-bond acceptors (Lipinski definition) is 2. The summed E-state index contributed by atoms with van der Waals surface area (Å²) in [6, 6.07) is 8.84. The fraction of sp³-hybridized carbons (Fsp3) is 0.533. The Balaban J connectivity index is 1.87. The summed E-state index contributed by atoms with van der Waals surface area (Å²) in [5, 5.41) is 7.51. The molecule has 104 valence electrons. The minimum atomic E-state index is 0.505. The first-order chi connectivity index (χ1) is 9.19. The summed E-state index contributed by atoms with van der Waals surface area (Å²) in [5.74, 6) is 0. The van der Waals surface area contributed by atoms with Gasteiger partial charge in [-0.3, -0.25) is 0 Å². The number of thiocarbonyl (C=S) groups is 1. The Morgan fingerprint density at radius 1 is 1.32 bits per heavy atom. The molecule has 0 amide bonds. The lowest BCUT2D eigenvalue weighted by molar-refractivity contribution is 0.247. The normalized spacial score (nSPS) is 17.2. The van der Waals surface area contributed by atoms with Crippen molar-refractivity contribution in [2.24, 2.45) is 0 Å². The summed E-state index contributed by atoms with van der Waals surface area (Å²) in [7, 11) is 2.17. The molecule has 2 N–H and O–H groups in total. The standard InChI is InChI=1S/C15H23N3S/c1-3-12-6-4-5-7-14(12)17-15(19)16-13-8-10-18(2)11-9-13/h4-7,13H,3,8-11H2,1-2H3,(H2,16,17,19). The number of piperidine rings is 1. The van der Waals surface area contributed by atoms with Crippen molar-refractivity contribution >= 4 is 23.0 Å². The Kier molecular flexibility index (Phi) is 5.16. The van der Waals surface area contributed by atoms with E-state index in [9.17, 15) is 0 Å². The van der Waals surface area contributed by atoms with E-state index in [1.807, 2.05) is 6.07 Å². The largest absolute Gasteiger partial charge is 0.360 e. The SMILES string of the molecule is CCc1ccccc1NC(=S)NC1CCN(C)CC1. The third-order valence-corrected chi connectivity index (χ3v) is 3.92. The van der Waals surface area contributed by atoms with Gasteiger partial charge in [-0.25, -0.2) is 0 Å². The Bertz CT molecular complexity index is 425. The van der Waals surface area contributed by atoms with Crippen molar-refractivity contribution in [2.75, 3.05) is 25.5 Å². The second-order valence-electron chi connectivity index (χ2n) is 5.19. The highest BCUT2D eigenvalue weighted by atomic mass is 32.1. The maximum Gasteiger partial charge on any atom is 0.171 e. The molecule has 1 saturated heterocycles. The average Bonchev–Trinajstić information content (AvgIpc) is 2.42. The predicted octanol–water partition coefficient (Wildman–Crippen LogP) is 2.63.